The van der Waals surface area contributed by atoms with Gasteiger partial charge < -0.3 is 15.7 Å². The number of hydrogen-bond donors (Lipinski definition) is 3. The Kier molecular flexibility index (Phi) is 6.49. The molecule has 0 fully saturated rings. The van der Waals surface area contributed by atoms with Crippen LogP contribution in [0.4, 0.5) is 4.79 Å². The van der Waals surface area contributed by atoms with E-state index in [1.807, 2.05) is 13.8 Å². The van der Waals surface area contributed by atoms with Crippen molar-refractivity contribution in [3.8, 4) is 0 Å². The summed E-state index contributed by atoms with van der Waals surface area (Å²) in [4.78, 5) is 21.9. The number of urea groups is 1. The SMILES string of the molecule is CCC(C)CNC(=O)N[C@H](CC)C(=O)O. The van der Waals surface area contributed by atoms with E-state index in [1.165, 1.54) is 0 Å². The topological polar surface area (TPSA) is 78.4 Å². The smallest absolute Gasteiger partial charge is 0.326 e. The summed E-state index contributed by atoms with van der Waals surface area (Å²) in [5.74, 6) is -0.600. The minimum absolute atomic E-state index is 0.381. The van der Waals surface area contributed by atoms with Gasteiger partial charge in [-0.2, -0.15) is 0 Å². The lowest BCUT2D eigenvalue weighted by Gasteiger charge is -2.14. The van der Waals surface area contributed by atoms with Crippen LogP contribution in [0.5, 0.6) is 0 Å². The van der Waals surface area contributed by atoms with Crippen molar-refractivity contribution in [1.29, 1.82) is 0 Å². The molecule has 0 radical (unpaired) electrons. The first kappa shape index (κ1) is 13.7. The van der Waals surface area contributed by atoms with Gasteiger partial charge in [0.05, 0.1) is 0 Å². The maximum Gasteiger partial charge on any atom is 0.326 e. The lowest BCUT2D eigenvalue weighted by molar-refractivity contribution is -0.139. The van der Waals surface area contributed by atoms with Gasteiger partial charge in [0.2, 0.25) is 0 Å². The molecule has 0 aromatic rings. The molecule has 0 bridgehead atoms. The molecule has 3 N–H and O–H groups in total. The molecule has 0 rings (SSSR count). The number of rotatable bonds is 6. The number of carboxylic acids is 1. The Labute approximate surface area is 90.2 Å². The van der Waals surface area contributed by atoms with Crippen molar-refractivity contribution >= 4 is 12.0 Å². The number of amides is 2. The van der Waals surface area contributed by atoms with Gasteiger partial charge in [-0.3, -0.25) is 0 Å². The predicted molar refractivity (Wildman–Crippen MR) is 57.7 cm³/mol. The van der Waals surface area contributed by atoms with E-state index in [0.717, 1.165) is 6.42 Å². The third-order valence-electron chi connectivity index (χ3n) is 2.32. The third-order valence-corrected chi connectivity index (χ3v) is 2.32. The minimum Gasteiger partial charge on any atom is -0.480 e. The number of nitrogens with one attached hydrogen (secondary N) is 2. The Bertz CT molecular complexity index is 219. The van der Waals surface area contributed by atoms with E-state index in [1.54, 1.807) is 6.92 Å². The number of hydrogen-bond acceptors (Lipinski definition) is 2. The lowest BCUT2D eigenvalue weighted by atomic mass is 10.1. The Morgan fingerprint density at radius 3 is 2.27 bits per heavy atom. The Hall–Kier alpha value is -1.26. The van der Waals surface area contributed by atoms with Gasteiger partial charge in [-0.1, -0.05) is 27.2 Å². The van der Waals surface area contributed by atoms with Crippen molar-refractivity contribution in [3.05, 3.63) is 0 Å². The van der Waals surface area contributed by atoms with Gasteiger partial charge in [0.15, 0.2) is 0 Å². The zero-order valence-electron chi connectivity index (χ0n) is 9.54. The molecular weight excluding hydrogens is 196 g/mol. The van der Waals surface area contributed by atoms with Crippen LogP contribution in [0, 0.1) is 5.92 Å². The normalized spacial score (nSPS) is 14.1. The first-order valence-corrected chi connectivity index (χ1v) is 5.28. The summed E-state index contributed by atoms with van der Waals surface area (Å²) in [7, 11) is 0. The Morgan fingerprint density at radius 2 is 1.87 bits per heavy atom. The second-order valence-corrected chi connectivity index (χ2v) is 3.67. The fourth-order valence-corrected chi connectivity index (χ4v) is 0.959. The lowest BCUT2D eigenvalue weighted by Crippen LogP contribution is -2.46. The van der Waals surface area contributed by atoms with Gasteiger partial charge in [-0.05, 0) is 12.3 Å². The van der Waals surface area contributed by atoms with E-state index in [4.69, 9.17) is 5.11 Å². The fourth-order valence-electron chi connectivity index (χ4n) is 0.959. The van der Waals surface area contributed by atoms with Gasteiger partial charge in [0.25, 0.3) is 0 Å². The van der Waals surface area contributed by atoms with Crippen molar-refractivity contribution in [2.75, 3.05) is 6.54 Å². The van der Waals surface area contributed by atoms with Crippen molar-refractivity contribution in [3.63, 3.8) is 0 Å². The van der Waals surface area contributed by atoms with E-state index < -0.39 is 18.0 Å². The highest BCUT2D eigenvalue weighted by molar-refractivity contribution is 5.82. The maximum atomic E-state index is 11.3. The largest absolute Gasteiger partial charge is 0.480 e. The highest BCUT2D eigenvalue weighted by atomic mass is 16.4. The molecule has 0 saturated carbocycles. The van der Waals surface area contributed by atoms with E-state index in [9.17, 15) is 9.59 Å². The molecule has 0 aromatic carbocycles. The fraction of sp³-hybridized carbons (Fsp3) is 0.800. The van der Waals surface area contributed by atoms with Gasteiger partial charge in [-0.25, -0.2) is 9.59 Å². The van der Waals surface area contributed by atoms with Crippen molar-refractivity contribution in [2.45, 2.75) is 39.7 Å². The number of carboxylic acid groups (broad SMARTS) is 1. The molecular formula is C10H20N2O3. The summed E-state index contributed by atoms with van der Waals surface area (Å²) in [5, 5.41) is 13.7. The van der Waals surface area contributed by atoms with Crippen LogP contribution in [0.25, 0.3) is 0 Å². The van der Waals surface area contributed by atoms with Crippen LogP contribution >= 0.6 is 0 Å². The van der Waals surface area contributed by atoms with Crippen LogP contribution in [0.1, 0.15) is 33.6 Å². The zero-order valence-corrected chi connectivity index (χ0v) is 9.54. The third kappa shape index (κ3) is 5.93. The van der Waals surface area contributed by atoms with Crippen LogP contribution in [0.3, 0.4) is 0 Å². The van der Waals surface area contributed by atoms with Gasteiger partial charge in [0, 0.05) is 6.54 Å². The van der Waals surface area contributed by atoms with Crippen LogP contribution < -0.4 is 10.6 Å². The van der Waals surface area contributed by atoms with Gasteiger partial charge in [0.1, 0.15) is 6.04 Å². The summed E-state index contributed by atoms with van der Waals surface area (Å²) in [5.41, 5.74) is 0. The van der Waals surface area contributed by atoms with E-state index in [0.29, 0.717) is 18.9 Å². The number of carbonyl (C=O) groups excluding carboxylic acids is 1. The summed E-state index contributed by atoms with van der Waals surface area (Å²) >= 11 is 0. The van der Waals surface area contributed by atoms with Gasteiger partial charge in [-0.15, -0.1) is 0 Å². The Morgan fingerprint density at radius 1 is 1.27 bits per heavy atom. The molecule has 15 heavy (non-hydrogen) atoms. The van der Waals surface area contributed by atoms with E-state index in [2.05, 4.69) is 10.6 Å². The molecule has 0 saturated heterocycles. The highest BCUT2D eigenvalue weighted by Gasteiger charge is 2.17. The minimum atomic E-state index is -1.00. The molecule has 0 spiro atoms. The van der Waals surface area contributed by atoms with Crippen LogP contribution in [-0.4, -0.2) is 29.7 Å². The number of carbonyl (C=O) groups is 2. The monoisotopic (exact) mass is 216 g/mol. The van der Waals surface area contributed by atoms with Crippen molar-refractivity contribution in [2.24, 2.45) is 5.92 Å². The summed E-state index contributed by atoms with van der Waals surface area (Å²) in [6.45, 7) is 6.34. The molecule has 0 aliphatic heterocycles. The molecule has 0 heterocycles. The Balaban J connectivity index is 3.86. The molecule has 2 amide bonds. The molecule has 0 aromatic heterocycles. The summed E-state index contributed by atoms with van der Waals surface area (Å²) in [6, 6.07) is -1.22. The number of aliphatic carboxylic acids is 1. The standard InChI is InChI=1S/C10H20N2O3/c1-4-7(3)6-11-10(15)12-8(5-2)9(13)14/h7-8H,4-6H2,1-3H3,(H,13,14)(H2,11,12,15)/t7?,8-/m1/s1. The molecule has 0 aliphatic rings. The molecule has 1 unspecified atom stereocenters. The second-order valence-electron chi connectivity index (χ2n) is 3.67. The first-order valence-electron chi connectivity index (χ1n) is 5.28. The molecule has 5 nitrogen and oxygen atoms in total. The average molecular weight is 216 g/mol. The van der Waals surface area contributed by atoms with Crippen LogP contribution in [-0.2, 0) is 4.79 Å². The van der Waals surface area contributed by atoms with Gasteiger partial charge >= 0.3 is 12.0 Å². The molecule has 88 valence electrons. The van der Waals surface area contributed by atoms with Crippen LogP contribution in [0.15, 0.2) is 0 Å². The quantitative estimate of drug-likeness (QED) is 0.624. The molecule has 0 aliphatic carbocycles. The van der Waals surface area contributed by atoms with E-state index in [-0.39, 0.29) is 0 Å². The summed E-state index contributed by atoms with van der Waals surface area (Å²) < 4.78 is 0. The molecule has 5 heteroatoms. The van der Waals surface area contributed by atoms with Crippen molar-refractivity contribution in [1.82, 2.24) is 10.6 Å². The van der Waals surface area contributed by atoms with Crippen LogP contribution in [0.2, 0.25) is 0 Å². The zero-order chi connectivity index (χ0) is 11.8. The van der Waals surface area contributed by atoms with E-state index >= 15 is 0 Å². The second kappa shape index (κ2) is 7.09. The van der Waals surface area contributed by atoms with Crippen molar-refractivity contribution < 1.29 is 14.7 Å². The summed E-state index contributed by atoms with van der Waals surface area (Å²) in [6.07, 6.45) is 1.36. The average Bonchev–Trinajstić information content (AvgIpc) is 2.21. The maximum absolute atomic E-state index is 11.3. The predicted octanol–water partition coefficient (Wildman–Crippen LogP) is 1.19. The first-order chi connectivity index (χ1) is 7.01. The molecule has 2 atom stereocenters. The highest BCUT2D eigenvalue weighted by Crippen LogP contribution is 1.97.